The molecule has 0 bridgehead atoms. The fraction of sp³-hybridized carbons (Fsp3) is 0.100. The van der Waals surface area contributed by atoms with Gasteiger partial charge in [-0.1, -0.05) is 34.1 Å². The highest BCUT2D eigenvalue weighted by Crippen LogP contribution is 2.21. The molecule has 0 aliphatic rings. The van der Waals surface area contributed by atoms with Crippen molar-refractivity contribution in [2.75, 3.05) is 11.9 Å². The number of carboxylic acid groups (broad SMARTS) is 1. The van der Waals surface area contributed by atoms with Gasteiger partial charge >= 0.3 is 5.97 Å². The minimum Gasteiger partial charge on any atom is -0.478 e. The maximum atomic E-state index is 10.7. The highest BCUT2D eigenvalue weighted by atomic mass is 79.9. The van der Waals surface area contributed by atoms with E-state index in [4.69, 9.17) is 16.7 Å². The van der Waals surface area contributed by atoms with E-state index in [2.05, 4.69) is 27.8 Å². The lowest BCUT2D eigenvalue weighted by Gasteiger charge is -2.06. The van der Waals surface area contributed by atoms with Crippen LogP contribution < -0.4 is 5.32 Å². The first kappa shape index (κ1) is 12.1. The van der Waals surface area contributed by atoms with E-state index >= 15 is 0 Å². The molecule has 0 radical (unpaired) electrons. The quantitative estimate of drug-likeness (QED) is 0.894. The molecule has 0 atom stereocenters. The Labute approximate surface area is 101 Å². The Morgan fingerprint density at radius 2 is 2.27 bits per heavy atom. The summed E-state index contributed by atoms with van der Waals surface area (Å²) in [5.74, 6) is -1.03. The van der Waals surface area contributed by atoms with Crippen molar-refractivity contribution in [3.63, 3.8) is 0 Å². The van der Waals surface area contributed by atoms with Crippen molar-refractivity contribution in [2.24, 2.45) is 0 Å². The van der Waals surface area contributed by atoms with Gasteiger partial charge in [0.25, 0.3) is 0 Å². The number of carboxylic acids is 1. The maximum absolute atomic E-state index is 10.7. The van der Waals surface area contributed by atoms with Crippen LogP contribution in [0.1, 0.15) is 10.4 Å². The third-order valence-corrected chi connectivity index (χ3v) is 2.28. The van der Waals surface area contributed by atoms with Crippen LogP contribution >= 0.6 is 27.5 Å². The Bertz CT molecular complexity index is 406. The number of nitrogens with one attached hydrogen (secondary N) is 1. The minimum atomic E-state index is -1.03. The predicted octanol–water partition coefficient (Wildman–Crippen LogP) is 3.36. The summed E-state index contributed by atoms with van der Waals surface area (Å²) in [6, 6.07) is 4.69. The van der Waals surface area contributed by atoms with Crippen molar-refractivity contribution >= 4 is 39.2 Å². The lowest BCUT2D eigenvalue weighted by molar-refractivity contribution is 0.0697. The van der Waals surface area contributed by atoms with Gasteiger partial charge in [0.15, 0.2) is 0 Å². The van der Waals surface area contributed by atoms with E-state index in [1.807, 2.05) is 0 Å². The fourth-order valence-corrected chi connectivity index (χ4v) is 1.40. The van der Waals surface area contributed by atoms with Gasteiger partial charge in [-0.3, -0.25) is 0 Å². The second kappa shape index (κ2) is 5.19. The van der Waals surface area contributed by atoms with Crippen LogP contribution in [0.2, 0.25) is 5.02 Å². The van der Waals surface area contributed by atoms with Crippen molar-refractivity contribution in [3.8, 4) is 0 Å². The average Bonchev–Trinajstić information content (AvgIpc) is 2.14. The van der Waals surface area contributed by atoms with Crippen LogP contribution in [0.5, 0.6) is 0 Å². The molecule has 0 amide bonds. The molecule has 1 aromatic carbocycles. The van der Waals surface area contributed by atoms with E-state index in [9.17, 15) is 4.79 Å². The summed E-state index contributed by atoms with van der Waals surface area (Å²) in [4.78, 5) is 10.7. The van der Waals surface area contributed by atoms with Gasteiger partial charge in [-0.15, -0.1) is 0 Å². The second-order valence-electron chi connectivity index (χ2n) is 2.87. The summed E-state index contributed by atoms with van der Waals surface area (Å²) >= 11 is 8.99. The highest BCUT2D eigenvalue weighted by Gasteiger charge is 2.08. The molecule has 1 rings (SSSR count). The van der Waals surface area contributed by atoms with Crippen LogP contribution in [0, 0.1) is 0 Å². The monoisotopic (exact) mass is 289 g/mol. The number of aromatic carboxylic acids is 1. The molecule has 0 saturated heterocycles. The van der Waals surface area contributed by atoms with E-state index in [-0.39, 0.29) is 10.6 Å². The molecule has 2 N–H and O–H groups in total. The first-order valence-corrected chi connectivity index (χ1v) is 5.28. The summed E-state index contributed by atoms with van der Waals surface area (Å²) < 4.78 is 0.806. The van der Waals surface area contributed by atoms with Crippen LogP contribution in [0.25, 0.3) is 0 Å². The second-order valence-corrected chi connectivity index (χ2v) is 4.40. The zero-order valence-electron chi connectivity index (χ0n) is 7.76. The molecule has 0 aromatic heterocycles. The third-order valence-electron chi connectivity index (χ3n) is 1.68. The topological polar surface area (TPSA) is 49.3 Å². The molecule has 0 aliphatic heterocycles. The molecule has 1 aromatic rings. The molecule has 0 fully saturated rings. The summed E-state index contributed by atoms with van der Waals surface area (Å²) in [7, 11) is 0. The molecule has 0 aliphatic carbocycles. The molecule has 80 valence electrons. The van der Waals surface area contributed by atoms with E-state index in [1.54, 1.807) is 12.1 Å². The van der Waals surface area contributed by atoms with Gasteiger partial charge < -0.3 is 10.4 Å². The lowest BCUT2D eigenvalue weighted by Crippen LogP contribution is -2.02. The first-order valence-electron chi connectivity index (χ1n) is 4.10. The number of anilines is 1. The highest BCUT2D eigenvalue weighted by molar-refractivity contribution is 9.11. The molecule has 3 nitrogen and oxygen atoms in total. The van der Waals surface area contributed by atoms with Gasteiger partial charge in [0, 0.05) is 16.7 Å². The zero-order chi connectivity index (χ0) is 11.4. The Kier molecular flexibility index (Phi) is 4.17. The third kappa shape index (κ3) is 3.57. The standard InChI is InChI=1S/C10H9BrClNO2/c1-6(11)5-13-7-2-3-8(10(14)15)9(12)4-7/h2-4,13H,1,5H2,(H,14,15). The molecule has 0 heterocycles. The number of hydrogen-bond donors (Lipinski definition) is 2. The van der Waals surface area contributed by atoms with Crippen molar-refractivity contribution < 1.29 is 9.90 Å². The molecule has 15 heavy (non-hydrogen) atoms. The van der Waals surface area contributed by atoms with E-state index in [0.717, 1.165) is 10.2 Å². The number of rotatable bonds is 4. The van der Waals surface area contributed by atoms with Crippen LogP contribution in [-0.4, -0.2) is 17.6 Å². The van der Waals surface area contributed by atoms with Crippen LogP contribution in [-0.2, 0) is 0 Å². The van der Waals surface area contributed by atoms with Crippen molar-refractivity contribution in [3.05, 3.63) is 39.8 Å². The molecule has 0 spiro atoms. The molecular weight excluding hydrogens is 281 g/mol. The SMILES string of the molecule is C=C(Br)CNc1ccc(C(=O)O)c(Cl)c1. The fourth-order valence-electron chi connectivity index (χ4n) is 0.996. The van der Waals surface area contributed by atoms with E-state index < -0.39 is 5.97 Å². The largest absolute Gasteiger partial charge is 0.478 e. The summed E-state index contributed by atoms with van der Waals surface area (Å²) in [5.41, 5.74) is 0.852. The Hall–Kier alpha value is -1.00. The first-order chi connectivity index (χ1) is 7.00. The van der Waals surface area contributed by atoms with Gasteiger partial charge in [0.1, 0.15) is 0 Å². The van der Waals surface area contributed by atoms with Gasteiger partial charge in [-0.25, -0.2) is 4.79 Å². The van der Waals surface area contributed by atoms with Gasteiger partial charge in [0.2, 0.25) is 0 Å². The average molecular weight is 291 g/mol. The van der Waals surface area contributed by atoms with Gasteiger partial charge in [0.05, 0.1) is 10.6 Å². The molecule has 0 unspecified atom stereocenters. The van der Waals surface area contributed by atoms with E-state index in [1.165, 1.54) is 6.07 Å². The Morgan fingerprint density at radius 1 is 1.60 bits per heavy atom. The number of carbonyl (C=O) groups is 1. The molecule has 0 saturated carbocycles. The normalized spacial score (nSPS) is 9.73. The number of benzene rings is 1. The number of halogens is 2. The van der Waals surface area contributed by atoms with E-state index in [0.29, 0.717) is 6.54 Å². The van der Waals surface area contributed by atoms with Crippen molar-refractivity contribution in [2.45, 2.75) is 0 Å². The minimum absolute atomic E-state index is 0.0971. The van der Waals surface area contributed by atoms with Crippen LogP contribution in [0.4, 0.5) is 5.69 Å². The van der Waals surface area contributed by atoms with Crippen LogP contribution in [0.15, 0.2) is 29.3 Å². The van der Waals surface area contributed by atoms with Crippen molar-refractivity contribution in [1.29, 1.82) is 0 Å². The zero-order valence-corrected chi connectivity index (χ0v) is 10.1. The Morgan fingerprint density at radius 3 is 2.73 bits per heavy atom. The van der Waals surface area contributed by atoms with Gasteiger partial charge in [-0.2, -0.15) is 0 Å². The number of hydrogen-bond acceptors (Lipinski definition) is 2. The summed E-state index contributed by atoms with van der Waals surface area (Å²) in [5, 5.41) is 12.0. The molecule has 5 heteroatoms. The van der Waals surface area contributed by atoms with Gasteiger partial charge in [-0.05, 0) is 18.2 Å². The predicted molar refractivity (Wildman–Crippen MR) is 65.0 cm³/mol. The summed E-state index contributed by atoms with van der Waals surface area (Å²) in [6.45, 7) is 4.22. The van der Waals surface area contributed by atoms with Crippen LogP contribution in [0.3, 0.4) is 0 Å². The van der Waals surface area contributed by atoms with Crippen molar-refractivity contribution in [1.82, 2.24) is 0 Å². The lowest BCUT2D eigenvalue weighted by atomic mass is 10.2. The molecular formula is C10H9BrClNO2. The summed E-state index contributed by atoms with van der Waals surface area (Å²) in [6.07, 6.45) is 0. The Balaban J connectivity index is 2.82. The smallest absolute Gasteiger partial charge is 0.337 e. The maximum Gasteiger partial charge on any atom is 0.337 e.